The first kappa shape index (κ1) is 23.7. The lowest BCUT2D eigenvalue weighted by Crippen LogP contribution is -2.23. The number of rotatable bonds is 9. The van der Waals surface area contributed by atoms with E-state index in [9.17, 15) is 4.79 Å². The number of amides is 1. The molecular weight excluding hydrogens is 446 g/mol. The average molecular weight is 474 g/mol. The molecule has 4 aromatic rings. The predicted molar refractivity (Wildman–Crippen MR) is 133 cm³/mol. The fourth-order valence-electron chi connectivity index (χ4n) is 3.70. The monoisotopic (exact) mass is 473 g/mol. The number of ether oxygens (including phenoxy) is 4. The Bertz CT molecular complexity index is 1300. The van der Waals surface area contributed by atoms with Crippen molar-refractivity contribution in [2.45, 2.75) is 6.54 Å². The van der Waals surface area contributed by atoms with Crippen molar-refractivity contribution >= 4 is 5.91 Å². The van der Waals surface area contributed by atoms with Gasteiger partial charge in [-0.05, 0) is 48.0 Å². The van der Waals surface area contributed by atoms with Crippen molar-refractivity contribution in [1.29, 1.82) is 0 Å². The molecule has 0 fully saturated rings. The number of carbonyl (C=O) groups is 1. The number of methoxy groups -OCH3 is 4. The van der Waals surface area contributed by atoms with Crippen LogP contribution < -0.4 is 24.3 Å². The van der Waals surface area contributed by atoms with Crippen LogP contribution in [0, 0.1) is 0 Å². The highest BCUT2D eigenvalue weighted by molar-refractivity contribution is 6.00. The number of carbonyl (C=O) groups excluding carboxylic acids is 1. The van der Waals surface area contributed by atoms with Crippen molar-refractivity contribution in [1.82, 2.24) is 15.1 Å². The van der Waals surface area contributed by atoms with E-state index in [2.05, 4.69) is 5.32 Å². The number of nitrogens with zero attached hydrogens (tertiary/aromatic N) is 2. The third kappa shape index (κ3) is 5.22. The molecule has 0 aliphatic heterocycles. The third-order valence-electron chi connectivity index (χ3n) is 5.51. The van der Waals surface area contributed by atoms with Crippen LogP contribution in [0.3, 0.4) is 0 Å². The van der Waals surface area contributed by atoms with Crippen molar-refractivity contribution in [3.63, 3.8) is 0 Å². The molecule has 1 N–H and O–H groups in total. The van der Waals surface area contributed by atoms with Crippen LogP contribution in [-0.2, 0) is 6.54 Å². The summed E-state index contributed by atoms with van der Waals surface area (Å²) >= 11 is 0. The van der Waals surface area contributed by atoms with E-state index in [1.807, 2.05) is 42.5 Å². The Labute approximate surface area is 204 Å². The molecule has 0 bridgehead atoms. The maximum absolute atomic E-state index is 13.4. The van der Waals surface area contributed by atoms with Crippen LogP contribution in [0.2, 0.25) is 0 Å². The van der Waals surface area contributed by atoms with Gasteiger partial charge < -0.3 is 24.3 Å². The molecule has 1 heterocycles. The van der Waals surface area contributed by atoms with Crippen LogP contribution in [0.15, 0.2) is 72.9 Å². The van der Waals surface area contributed by atoms with E-state index in [-0.39, 0.29) is 12.5 Å². The lowest BCUT2D eigenvalue weighted by molar-refractivity contribution is 0.0951. The fourth-order valence-corrected chi connectivity index (χ4v) is 3.70. The molecule has 4 rings (SSSR count). The van der Waals surface area contributed by atoms with Crippen LogP contribution in [0.25, 0.3) is 16.9 Å². The SMILES string of the molecule is COc1cc(CNC(=O)c2cn(-c3ccccc3)nc2-c2cc(OC)ccc2OC)cc(OC)c1. The number of para-hydroxylation sites is 1. The second-order valence-electron chi connectivity index (χ2n) is 7.64. The third-order valence-corrected chi connectivity index (χ3v) is 5.51. The first-order chi connectivity index (χ1) is 17.1. The second-order valence-corrected chi connectivity index (χ2v) is 7.64. The summed E-state index contributed by atoms with van der Waals surface area (Å²) < 4.78 is 23.3. The molecule has 0 atom stereocenters. The minimum absolute atomic E-state index is 0.275. The van der Waals surface area contributed by atoms with Gasteiger partial charge >= 0.3 is 0 Å². The maximum atomic E-state index is 13.4. The summed E-state index contributed by atoms with van der Waals surface area (Å²) in [6.45, 7) is 0.275. The topological polar surface area (TPSA) is 83.8 Å². The van der Waals surface area contributed by atoms with Gasteiger partial charge in [0.25, 0.3) is 5.91 Å². The second kappa shape index (κ2) is 10.6. The van der Waals surface area contributed by atoms with Gasteiger partial charge in [0.15, 0.2) is 0 Å². The highest BCUT2D eigenvalue weighted by atomic mass is 16.5. The zero-order valence-electron chi connectivity index (χ0n) is 20.1. The van der Waals surface area contributed by atoms with Gasteiger partial charge in [-0.2, -0.15) is 5.10 Å². The number of hydrogen-bond acceptors (Lipinski definition) is 6. The number of aromatic nitrogens is 2. The van der Waals surface area contributed by atoms with Crippen LogP contribution >= 0.6 is 0 Å². The molecule has 35 heavy (non-hydrogen) atoms. The predicted octanol–water partition coefficient (Wildman–Crippen LogP) is 4.50. The van der Waals surface area contributed by atoms with Crippen molar-refractivity contribution < 1.29 is 23.7 Å². The van der Waals surface area contributed by atoms with Gasteiger partial charge in [-0.15, -0.1) is 0 Å². The standard InChI is InChI=1S/C27H27N3O5/c1-32-20-10-11-25(35-4)23(15-20)26-24(17-30(29-26)19-8-6-5-7-9-19)27(31)28-16-18-12-21(33-2)14-22(13-18)34-3/h5-15,17H,16H2,1-4H3,(H,28,31). The molecule has 0 saturated carbocycles. The maximum Gasteiger partial charge on any atom is 0.255 e. The summed E-state index contributed by atoms with van der Waals surface area (Å²) in [5.41, 5.74) is 3.19. The van der Waals surface area contributed by atoms with Crippen molar-refractivity contribution in [2.24, 2.45) is 0 Å². The number of benzene rings is 3. The molecule has 8 heteroatoms. The first-order valence-electron chi connectivity index (χ1n) is 10.9. The molecule has 180 valence electrons. The lowest BCUT2D eigenvalue weighted by Gasteiger charge is -2.11. The molecular formula is C27H27N3O5. The van der Waals surface area contributed by atoms with Gasteiger partial charge in [-0.1, -0.05) is 18.2 Å². The zero-order valence-corrected chi connectivity index (χ0v) is 20.1. The molecule has 0 unspecified atom stereocenters. The van der Waals surface area contributed by atoms with Gasteiger partial charge in [0.2, 0.25) is 0 Å². The first-order valence-corrected chi connectivity index (χ1v) is 10.9. The summed E-state index contributed by atoms with van der Waals surface area (Å²) in [4.78, 5) is 13.4. The van der Waals surface area contributed by atoms with Gasteiger partial charge in [-0.25, -0.2) is 4.68 Å². The summed E-state index contributed by atoms with van der Waals surface area (Å²) in [5.74, 6) is 2.22. The zero-order chi connectivity index (χ0) is 24.8. The molecule has 3 aromatic carbocycles. The summed E-state index contributed by atoms with van der Waals surface area (Å²) in [5, 5.41) is 7.73. The van der Waals surface area contributed by atoms with Crippen molar-refractivity contribution in [2.75, 3.05) is 28.4 Å². The van der Waals surface area contributed by atoms with E-state index < -0.39 is 0 Å². The normalized spacial score (nSPS) is 10.5. The minimum atomic E-state index is -0.283. The molecule has 0 radical (unpaired) electrons. The minimum Gasteiger partial charge on any atom is -0.497 e. The van der Waals surface area contributed by atoms with Crippen LogP contribution in [0.4, 0.5) is 0 Å². The number of hydrogen-bond donors (Lipinski definition) is 1. The van der Waals surface area contributed by atoms with E-state index >= 15 is 0 Å². The van der Waals surface area contributed by atoms with Crippen LogP contribution in [0.1, 0.15) is 15.9 Å². The molecule has 8 nitrogen and oxygen atoms in total. The Morgan fingerprint density at radius 2 is 1.51 bits per heavy atom. The van der Waals surface area contributed by atoms with Gasteiger partial charge in [0.1, 0.15) is 28.7 Å². The van der Waals surface area contributed by atoms with Crippen LogP contribution in [-0.4, -0.2) is 44.1 Å². The van der Waals surface area contributed by atoms with Gasteiger partial charge in [-0.3, -0.25) is 4.79 Å². The van der Waals surface area contributed by atoms with E-state index in [4.69, 9.17) is 24.0 Å². The van der Waals surface area contributed by atoms with Gasteiger partial charge in [0.05, 0.1) is 39.7 Å². The Hall–Kier alpha value is -4.46. The quantitative estimate of drug-likeness (QED) is 0.385. The van der Waals surface area contributed by atoms with Crippen LogP contribution in [0.5, 0.6) is 23.0 Å². The number of nitrogens with one attached hydrogen (secondary N) is 1. The Kier molecular flexibility index (Phi) is 7.21. The molecule has 0 spiro atoms. The van der Waals surface area contributed by atoms with Gasteiger partial charge in [0, 0.05) is 24.4 Å². The lowest BCUT2D eigenvalue weighted by atomic mass is 10.1. The highest BCUT2D eigenvalue weighted by Gasteiger charge is 2.22. The molecule has 0 saturated heterocycles. The molecule has 1 aromatic heterocycles. The van der Waals surface area contributed by atoms with E-state index in [1.54, 1.807) is 63.6 Å². The smallest absolute Gasteiger partial charge is 0.255 e. The summed E-state index contributed by atoms with van der Waals surface area (Å²) in [6, 6.07) is 20.5. The summed E-state index contributed by atoms with van der Waals surface area (Å²) in [7, 11) is 6.34. The van der Waals surface area contributed by atoms with Crippen molar-refractivity contribution in [3.8, 4) is 39.9 Å². The van der Waals surface area contributed by atoms with E-state index in [1.165, 1.54) is 0 Å². The summed E-state index contributed by atoms with van der Waals surface area (Å²) in [6.07, 6.45) is 1.71. The molecule has 0 aliphatic carbocycles. The Morgan fingerprint density at radius 1 is 0.829 bits per heavy atom. The Morgan fingerprint density at radius 3 is 2.14 bits per heavy atom. The highest BCUT2D eigenvalue weighted by Crippen LogP contribution is 2.35. The largest absolute Gasteiger partial charge is 0.497 e. The molecule has 0 aliphatic rings. The van der Waals surface area contributed by atoms with E-state index in [0.717, 1.165) is 11.3 Å². The van der Waals surface area contributed by atoms with E-state index in [0.29, 0.717) is 39.8 Å². The Balaban J connectivity index is 1.72. The van der Waals surface area contributed by atoms with Crippen molar-refractivity contribution in [3.05, 3.63) is 84.1 Å². The molecule has 1 amide bonds. The average Bonchev–Trinajstić information content (AvgIpc) is 3.37. The fraction of sp³-hybridized carbons (Fsp3) is 0.185.